The van der Waals surface area contributed by atoms with E-state index in [9.17, 15) is 33.9 Å². The Balaban J connectivity index is 0.917. The average molecular weight is 988 g/mol. The summed E-state index contributed by atoms with van der Waals surface area (Å²) in [6, 6.07) is 29.4. The maximum Gasteiger partial charge on any atom is 0.514 e. The molecule has 0 saturated carbocycles. The molecule has 0 spiro atoms. The predicted octanol–water partition coefficient (Wildman–Crippen LogP) is 8.21. The first-order valence-electron chi connectivity index (χ1n) is 23.2. The summed E-state index contributed by atoms with van der Waals surface area (Å²) in [6.45, 7) is 3.37. The summed E-state index contributed by atoms with van der Waals surface area (Å²) in [6.07, 6.45) is -0.430. The van der Waals surface area contributed by atoms with Gasteiger partial charge in [-0.2, -0.15) is 0 Å². The Morgan fingerprint density at radius 2 is 1.41 bits per heavy atom. The van der Waals surface area contributed by atoms with Crippen molar-refractivity contribution in [2.75, 3.05) is 28.4 Å². The van der Waals surface area contributed by atoms with E-state index in [2.05, 4.69) is 5.32 Å². The number of hydrogen-bond acceptors (Lipinski definition) is 15. The van der Waals surface area contributed by atoms with Gasteiger partial charge in [0.25, 0.3) is 11.5 Å². The lowest BCUT2D eigenvalue weighted by molar-refractivity contribution is -0.172. The number of aryl methyl sites for hydroxylation is 1. The topological polar surface area (TPSA) is 217 Å². The number of aliphatic hydroxyl groups is 1. The summed E-state index contributed by atoms with van der Waals surface area (Å²) >= 11 is 0. The molecule has 1 atom stereocenters. The molecular formula is C56H49N3O14. The molecule has 9 rings (SSSR count). The third-order valence-corrected chi connectivity index (χ3v) is 13.3. The zero-order valence-electron chi connectivity index (χ0n) is 40.7. The molecule has 17 nitrogen and oxygen atoms in total. The van der Waals surface area contributed by atoms with Crippen molar-refractivity contribution in [3.05, 3.63) is 164 Å². The zero-order valence-corrected chi connectivity index (χ0v) is 40.7. The third-order valence-electron chi connectivity index (χ3n) is 13.3. The molecule has 2 N–H and O–H groups in total. The number of methoxy groups -OCH3 is 4. The van der Waals surface area contributed by atoms with Crippen molar-refractivity contribution in [1.29, 1.82) is 0 Å². The summed E-state index contributed by atoms with van der Waals surface area (Å²) in [7, 11) is 5.43. The van der Waals surface area contributed by atoms with Gasteiger partial charge in [0.15, 0.2) is 5.60 Å². The van der Waals surface area contributed by atoms with E-state index in [4.69, 9.17) is 38.1 Å². The maximum absolute atomic E-state index is 14.1. The Kier molecular flexibility index (Phi) is 13.5. The fourth-order valence-corrected chi connectivity index (χ4v) is 9.43. The number of pyridine rings is 2. The Morgan fingerprint density at radius 1 is 0.767 bits per heavy atom. The Bertz CT molecular complexity index is 3430. The van der Waals surface area contributed by atoms with E-state index in [1.807, 2.05) is 25.1 Å². The maximum atomic E-state index is 14.1. The molecule has 372 valence electrons. The Morgan fingerprint density at radius 3 is 2.03 bits per heavy atom. The molecule has 5 aromatic carbocycles. The van der Waals surface area contributed by atoms with Crippen LogP contribution in [0.1, 0.15) is 84.7 Å². The van der Waals surface area contributed by atoms with Crippen LogP contribution in [0.3, 0.4) is 0 Å². The number of hydrogen-bond donors (Lipinski definition) is 2. The first-order valence-corrected chi connectivity index (χ1v) is 23.2. The number of nitrogens with zero attached hydrogens (tertiary/aromatic N) is 2. The van der Waals surface area contributed by atoms with Crippen molar-refractivity contribution in [2.24, 2.45) is 0 Å². The summed E-state index contributed by atoms with van der Waals surface area (Å²) in [5.41, 5.74) is 6.67. The molecule has 2 aromatic heterocycles. The van der Waals surface area contributed by atoms with Gasteiger partial charge in [0.05, 0.1) is 68.6 Å². The minimum atomic E-state index is -1.95. The number of ether oxygens (including phenoxy) is 7. The van der Waals surface area contributed by atoms with Crippen LogP contribution in [-0.2, 0) is 62.1 Å². The third kappa shape index (κ3) is 9.10. The number of rotatable bonds is 14. The lowest BCUT2D eigenvalue weighted by atomic mass is 9.86. The van der Waals surface area contributed by atoms with Crippen molar-refractivity contribution in [2.45, 2.75) is 58.6 Å². The first kappa shape index (κ1) is 49.2. The molecule has 2 aliphatic rings. The number of fused-ring (bicyclic) bond motifs is 5. The van der Waals surface area contributed by atoms with Gasteiger partial charge < -0.3 is 48.1 Å². The molecule has 0 saturated heterocycles. The average Bonchev–Trinajstić information content (AvgIpc) is 3.79. The van der Waals surface area contributed by atoms with Gasteiger partial charge in [-0.1, -0.05) is 50.2 Å². The van der Waals surface area contributed by atoms with Crippen molar-refractivity contribution < 1.29 is 62.2 Å². The van der Waals surface area contributed by atoms with Crippen molar-refractivity contribution in [3.63, 3.8) is 0 Å². The summed E-state index contributed by atoms with van der Waals surface area (Å²) in [5, 5.41) is 15.0. The second-order valence-corrected chi connectivity index (χ2v) is 17.3. The minimum absolute atomic E-state index is 0.0269. The zero-order chi connectivity index (χ0) is 51.7. The smallest absolute Gasteiger partial charge is 0.496 e. The van der Waals surface area contributed by atoms with Gasteiger partial charge in [0.1, 0.15) is 36.0 Å². The van der Waals surface area contributed by atoms with Crippen LogP contribution in [0.5, 0.6) is 17.2 Å². The van der Waals surface area contributed by atoms with Gasteiger partial charge >= 0.3 is 24.1 Å². The summed E-state index contributed by atoms with van der Waals surface area (Å²) in [5.74, 6) is -1.77. The van der Waals surface area contributed by atoms with E-state index in [1.165, 1.54) is 28.4 Å². The van der Waals surface area contributed by atoms with E-state index < -0.39 is 35.6 Å². The lowest BCUT2D eigenvalue weighted by Gasteiger charge is -2.31. The molecule has 0 aliphatic carbocycles. The number of carbonyl (C=O) groups excluding carboxylic acids is 5. The molecule has 17 heteroatoms. The van der Waals surface area contributed by atoms with Crippen molar-refractivity contribution in [3.8, 4) is 50.9 Å². The first-order chi connectivity index (χ1) is 35.2. The number of benzene rings is 5. The number of amides is 1. The lowest BCUT2D eigenvalue weighted by Crippen LogP contribution is -2.44. The number of esters is 3. The molecule has 1 amide bonds. The number of carbonyl (C=O) groups is 5. The molecule has 0 unspecified atom stereocenters. The molecule has 0 radical (unpaired) electrons. The van der Waals surface area contributed by atoms with Crippen LogP contribution in [-0.4, -0.2) is 73.1 Å². The molecule has 0 bridgehead atoms. The van der Waals surface area contributed by atoms with Crippen LogP contribution >= 0.6 is 0 Å². The van der Waals surface area contributed by atoms with E-state index >= 15 is 0 Å². The largest absolute Gasteiger partial charge is 0.514 e. The van der Waals surface area contributed by atoms with Gasteiger partial charge in [-0.25, -0.2) is 24.2 Å². The Hall–Kier alpha value is -8.83. The van der Waals surface area contributed by atoms with Crippen LogP contribution in [0.25, 0.3) is 44.5 Å². The molecule has 0 fully saturated rings. The molecule has 7 aromatic rings. The SMILES string of the molecule is CCc1c2c(nc3ccc(OC(=O)OCc4cc(OC)c(C(=O)NCc5cc(-c6ccc(C(=O)OC)cc6)ccc5-c5ccc(C(=O)OC)cc5)c(OC)c4)cc13)-c1cc3c(c(=O)n1C2)COC(=O)[C@]3(O)CC. The highest BCUT2D eigenvalue weighted by Crippen LogP contribution is 2.41. The number of nitrogens with one attached hydrogen (secondary N) is 1. The highest BCUT2D eigenvalue weighted by atomic mass is 16.7. The molecule has 4 heterocycles. The van der Waals surface area contributed by atoms with E-state index in [0.717, 1.165) is 38.9 Å². The van der Waals surface area contributed by atoms with Gasteiger partial charge in [-0.05, 0) is 119 Å². The second-order valence-electron chi connectivity index (χ2n) is 17.3. The highest BCUT2D eigenvalue weighted by Gasteiger charge is 2.45. The predicted molar refractivity (Wildman–Crippen MR) is 265 cm³/mol. The number of aromatic nitrogens is 2. The normalized spacial score (nSPS) is 14.3. The summed E-state index contributed by atoms with van der Waals surface area (Å²) < 4.78 is 39.0. The van der Waals surface area contributed by atoms with Crippen molar-refractivity contribution >= 4 is 40.9 Å². The van der Waals surface area contributed by atoms with Crippen LogP contribution in [0, 0.1) is 0 Å². The molecular weight excluding hydrogens is 939 g/mol. The quantitative estimate of drug-likeness (QED) is 0.0596. The van der Waals surface area contributed by atoms with Crippen LogP contribution in [0.2, 0.25) is 0 Å². The van der Waals surface area contributed by atoms with Crippen molar-refractivity contribution in [1.82, 2.24) is 14.9 Å². The highest BCUT2D eigenvalue weighted by molar-refractivity contribution is 6.00. The van der Waals surface area contributed by atoms with Gasteiger partial charge in [0.2, 0.25) is 0 Å². The van der Waals surface area contributed by atoms with Crippen LogP contribution < -0.4 is 25.1 Å². The number of cyclic esters (lactones) is 1. The standard InChI is InChI=1S/C56H49N3O14/c1-7-38-40-24-37(18-20-44(40)58-49-41(38)27-59-45(49)25-43-42(51(59)61)29-71-54(64)56(43,66)8-2)73-55(65)72-28-30-21-46(67-3)48(47(22-30)68-4)50(60)57-26-36-23-35(31-9-13-33(14-10-31)52(62)69-5)17-19-39(36)32-11-15-34(16-12-32)53(63)70-6/h9-25,66H,7-8,26-29H2,1-6H3,(H,57,60)/t56-/m0/s1. The van der Waals surface area contributed by atoms with E-state index in [0.29, 0.717) is 45.4 Å². The van der Waals surface area contributed by atoms with Gasteiger partial charge in [-0.3, -0.25) is 9.59 Å². The fourth-order valence-electron chi connectivity index (χ4n) is 9.43. The van der Waals surface area contributed by atoms with Gasteiger partial charge in [0, 0.05) is 23.1 Å². The van der Waals surface area contributed by atoms with E-state index in [-0.39, 0.29) is 72.2 Å². The molecule has 2 aliphatic heterocycles. The monoisotopic (exact) mass is 987 g/mol. The van der Waals surface area contributed by atoms with Crippen LogP contribution in [0.15, 0.2) is 108 Å². The molecule has 73 heavy (non-hydrogen) atoms. The minimum Gasteiger partial charge on any atom is -0.496 e. The second kappa shape index (κ2) is 20.1. The summed E-state index contributed by atoms with van der Waals surface area (Å²) in [4.78, 5) is 82.9. The fraction of sp³-hybridized carbons (Fsp3) is 0.232. The Labute approximate surface area is 418 Å². The van der Waals surface area contributed by atoms with E-state index in [1.54, 1.807) is 96.4 Å². The van der Waals surface area contributed by atoms with Gasteiger partial charge in [-0.15, -0.1) is 0 Å². The van der Waals surface area contributed by atoms with Crippen LogP contribution in [0.4, 0.5) is 4.79 Å².